The van der Waals surface area contributed by atoms with Crippen LogP contribution in [0.25, 0.3) is 0 Å². The van der Waals surface area contributed by atoms with Crippen molar-refractivity contribution in [2.45, 2.75) is 6.42 Å². The van der Waals surface area contributed by atoms with Gasteiger partial charge in [0.25, 0.3) is 0 Å². The zero-order valence-corrected chi connectivity index (χ0v) is 6.45. The van der Waals surface area contributed by atoms with Gasteiger partial charge in [-0.05, 0) is 17.7 Å². The summed E-state index contributed by atoms with van der Waals surface area (Å²) in [6.45, 7) is 0. The van der Waals surface area contributed by atoms with Gasteiger partial charge in [0.15, 0.2) is 0 Å². The van der Waals surface area contributed by atoms with Gasteiger partial charge >= 0.3 is 0 Å². The van der Waals surface area contributed by atoms with E-state index in [4.69, 9.17) is 11.0 Å². The molecule has 0 heterocycles. The quantitative estimate of drug-likeness (QED) is 0.516. The molecule has 60 valence electrons. The van der Waals surface area contributed by atoms with Crippen LogP contribution < -0.4 is 5.73 Å². The number of hydrogen-bond donors (Lipinski definition) is 1. The summed E-state index contributed by atoms with van der Waals surface area (Å²) in [6, 6.07) is 8.46. The number of nitrogens with two attached hydrogens (primary N) is 1. The fourth-order valence-corrected chi connectivity index (χ4v) is 0.860. The highest BCUT2D eigenvalue weighted by Gasteiger charge is 2.00. The van der Waals surface area contributed by atoms with Crippen molar-refractivity contribution in [2.75, 3.05) is 5.73 Å². The Morgan fingerprint density at radius 2 is 2.00 bits per heavy atom. The Morgan fingerprint density at radius 3 is 2.50 bits per heavy atom. The van der Waals surface area contributed by atoms with Crippen LogP contribution in [0.4, 0.5) is 5.69 Å². The number of anilines is 1. The SMILES string of the molecule is N#CC(=O)Cc1ccc(N)cc1. The van der Waals surface area contributed by atoms with Crippen LogP contribution in [0.5, 0.6) is 0 Å². The number of nitrogens with zero attached hydrogens (tertiary/aromatic N) is 1. The highest BCUT2D eigenvalue weighted by atomic mass is 16.1. The van der Waals surface area contributed by atoms with Gasteiger partial charge in [0, 0.05) is 12.1 Å². The molecule has 0 aliphatic heterocycles. The molecule has 0 aliphatic carbocycles. The van der Waals surface area contributed by atoms with Gasteiger partial charge in [-0.25, -0.2) is 0 Å². The van der Waals surface area contributed by atoms with Gasteiger partial charge in [-0.15, -0.1) is 0 Å². The number of carbonyl (C=O) groups is 1. The summed E-state index contributed by atoms with van der Waals surface area (Å²) >= 11 is 0. The molecular weight excluding hydrogens is 152 g/mol. The van der Waals surface area contributed by atoms with Crippen LogP contribution in [0.2, 0.25) is 0 Å². The van der Waals surface area contributed by atoms with Gasteiger partial charge in [-0.1, -0.05) is 12.1 Å². The number of Topliss-reactive ketones (excluding diaryl/α,β-unsaturated/α-hetero) is 1. The van der Waals surface area contributed by atoms with E-state index in [2.05, 4.69) is 0 Å². The van der Waals surface area contributed by atoms with E-state index in [1.165, 1.54) is 0 Å². The summed E-state index contributed by atoms with van der Waals surface area (Å²) in [5, 5.41) is 8.23. The minimum Gasteiger partial charge on any atom is -0.399 e. The van der Waals surface area contributed by atoms with Gasteiger partial charge < -0.3 is 5.73 Å². The molecule has 2 N–H and O–H groups in total. The molecule has 0 radical (unpaired) electrons. The number of rotatable bonds is 2. The average Bonchev–Trinajstić information content (AvgIpc) is 2.09. The summed E-state index contributed by atoms with van der Waals surface area (Å²) in [7, 11) is 0. The molecule has 0 atom stereocenters. The maximum Gasteiger partial charge on any atom is 0.236 e. The summed E-state index contributed by atoms with van der Waals surface area (Å²) in [4.78, 5) is 10.7. The molecule has 12 heavy (non-hydrogen) atoms. The molecule has 0 aromatic heterocycles. The first-order chi connectivity index (χ1) is 5.72. The summed E-state index contributed by atoms with van der Waals surface area (Å²) in [6.07, 6.45) is 0.163. The summed E-state index contributed by atoms with van der Waals surface area (Å²) in [5.41, 5.74) is 6.91. The van der Waals surface area contributed by atoms with Gasteiger partial charge in [-0.3, -0.25) is 4.79 Å². The second kappa shape index (κ2) is 3.54. The van der Waals surface area contributed by atoms with Gasteiger partial charge in [0.1, 0.15) is 6.07 Å². The predicted octanol–water partition coefficient (Wildman–Crippen LogP) is 0.904. The Bertz CT molecular complexity index is 321. The zero-order valence-electron chi connectivity index (χ0n) is 6.45. The van der Waals surface area contributed by atoms with Crippen LogP contribution in [0.1, 0.15) is 5.56 Å². The molecule has 3 nitrogen and oxygen atoms in total. The average molecular weight is 160 g/mol. The van der Waals surface area contributed by atoms with E-state index in [-0.39, 0.29) is 6.42 Å². The first kappa shape index (κ1) is 8.28. The van der Waals surface area contributed by atoms with E-state index in [0.29, 0.717) is 5.69 Å². The Balaban J connectivity index is 2.73. The van der Waals surface area contributed by atoms with Crippen molar-refractivity contribution in [2.24, 2.45) is 0 Å². The van der Waals surface area contributed by atoms with Crippen LogP contribution in [0.15, 0.2) is 24.3 Å². The number of hydrogen-bond acceptors (Lipinski definition) is 3. The molecule has 1 rings (SSSR count). The van der Waals surface area contributed by atoms with E-state index in [9.17, 15) is 4.79 Å². The third-order valence-corrected chi connectivity index (χ3v) is 1.47. The Kier molecular flexibility index (Phi) is 2.44. The van der Waals surface area contributed by atoms with Gasteiger partial charge in [0.2, 0.25) is 5.78 Å². The first-order valence-electron chi connectivity index (χ1n) is 3.49. The van der Waals surface area contributed by atoms with Crippen LogP contribution >= 0.6 is 0 Å². The molecule has 0 bridgehead atoms. The normalized spacial score (nSPS) is 8.92. The lowest BCUT2D eigenvalue weighted by Gasteiger charge is -1.95. The van der Waals surface area contributed by atoms with Crippen LogP contribution in [-0.4, -0.2) is 5.78 Å². The van der Waals surface area contributed by atoms with Gasteiger partial charge in [-0.2, -0.15) is 5.26 Å². The Labute approximate surface area is 70.4 Å². The van der Waals surface area contributed by atoms with Crippen molar-refractivity contribution in [3.63, 3.8) is 0 Å². The van der Waals surface area contributed by atoms with Gasteiger partial charge in [0.05, 0.1) is 0 Å². The second-order valence-electron chi connectivity index (χ2n) is 2.45. The number of benzene rings is 1. The lowest BCUT2D eigenvalue weighted by atomic mass is 10.1. The lowest BCUT2D eigenvalue weighted by molar-refractivity contribution is -0.113. The topological polar surface area (TPSA) is 66.9 Å². The number of nitrogen functional groups attached to an aromatic ring is 1. The Hall–Kier alpha value is -1.82. The zero-order chi connectivity index (χ0) is 8.97. The maximum atomic E-state index is 10.7. The summed E-state index contributed by atoms with van der Waals surface area (Å²) in [5.74, 6) is -0.431. The van der Waals surface area contributed by atoms with E-state index in [1.807, 2.05) is 0 Å². The minimum absolute atomic E-state index is 0.163. The molecule has 3 heteroatoms. The summed E-state index contributed by atoms with van der Waals surface area (Å²) < 4.78 is 0. The largest absolute Gasteiger partial charge is 0.399 e. The van der Waals surface area contributed by atoms with E-state index in [1.54, 1.807) is 30.3 Å². The molecule has 0 amide bonds. The molecule has 0 spiro atoms. The van der Waals surface area contributed by atoms with E-state index < -0.39 is 5.78 Å². The molecule has 1 aromatic carbocycles. The molecule has 0 aliphatic rings. The monoisotopic (exact) mass is 160 g/mol. The van der Waals surface area contributed by atoms with Crippen molar-refractivity contribution in [3.05, 3.63) is 29.8 Å². The lowest BCUT2D eigenvalue weighted by Crippen LogP contribution is -1.98. The first-order valence-corrected chi connectivity index (χ1v) is 3.49. The van der Waals surface area contributed by atoms with Crippen LogP contribution in [0.3, 0.4) is 0 Å². The number of carbonyl (C=O) groups excluding carboxylic acids is 1. The number of ketones is 1. The van der Waals surface area contributed by atoms with Crippen molar-refractivity contribution in [1.29, 1.82) is 5.26 Å². The molecule has 0 unspecified atom stereocenters. The molecule has 0 fully saturated rings. The molecule has 0 saturated heterocycles. The van der Waals surface area contributed by atoms with Crippen LogP contribution in [-0.2, 0) is 11.2 Å². The van der Waals surface area contributed by atoms with Crippen LogP contribution in [0, 0.1) is 11.3 Å². The fourth-order valence-electron chi connectivity index (χ4n) is 0.860. The third-order valence-electron chi connectivity index (χ3n) is 1.47. The van der Waals surface area contributed by atoms with Crippen molar-refractivity contribution < 1.29 is 4.79 Å². The third kappa shape index (κ3) is 2.10. The predicted molar refractivity (Wildman–Crippen MR) is 45.2 cm³/mol. The smallest absolute Gasteiger partial charge is 0.236 e. The van der Waals surface area contributed by atoms with E-state index in [0.717, 1.165) is 5.56 Å². The molecule has 0 saturated carbocycles. The van der Waals surface area contributed by atoms with E-state index >= 15 is 0 Å². The van der Waals surface area contributed by atoms with Crippen molar-refractivity contribution in [1.82, 2.24) is 0 Å². The Morgan fingerprint density at radius 1 is 1.42 bits per heavy atom. The minimum atomic E-state index is -0.431. The standard InChI is InChI=1S/C9H8N2O/c10-6-9(12)5-7-1-3-8(11)4-2-7/h1-4H,5,11H2. The fraction of sp³-hybridized carbons (Fsp3) is 0.111. The van der Waals surface area contributed by atoms with Crippen molar-refractivity contribution in [3.8, 4) is 6.07 Å². The molecule has 1 aromatic rings. The number of nitriles is 1. The molecular formula is C9H8N2O. The second-order valence-corrected chi connectivity index (χ2v) is 2.45. The highest BCUT2D eigenvalue weighted by molar-refractivity contribution is 5.94. The van der Waals surface area contributed by atoms with Crippen molar-refractivity contribution >= 4 is 11.5 Å². The maximum absolute atomic E-state index is 10.7. The highest BCUT2D eigenvalue weighted by Crippen LogP contribution is 2.05.